The molecule has 6 heteroatoms. The van der Waals surface area contributed by atoms with Gasteiger partial charge in [0.05, 0.1) is 19.3 Å². The van der Waals surface area contributed by atoms with Gasteiger partial charge in [0.2, 0.25) is 0 Å². The summed E-state index contributed by atoms with van der Waals surface area (Å²) in [5.41, 5.74) is 0. The van der Waals surface area contributed by atoms with Crippen LogP contribution in [0, 0.1) is 0 Å². The fourth-order valence-corrected chi connectivity index (χ4v) is 1.54. The molecule has 0 spiro atoms. The first kappa shape index (κ1) is 10.1. The molecule has 1 aliphatic rings. The molecular formula is C9H12N2O4. The Labute approximate surface area is 86.4 Å². The van der Waals surface area contributed by atoms with Crippen molar-refractivity contribution in [3.8, 4) is 0 Å². The lowest BCUT2D eigenvalue weighted by Gasteiger charge is -2.29. The van der Waals surface area contributed by atoms with Crippen molar-refractivity contribution in [3.05, 3.63) is 18.0 Å². The molecule has 0 amide bonds. The van der Waals surface area contributed by atoms with E-state index in [1.54, 1.807) is 12.3 Å². The molecule has 1 unspecified atom stereocenters. The van der Waals surface area contributed by atoms with Crippen LogP contribution in [0.3, 0.4) is 0 Å². The molecule has 0 saturated carbocycles. The predicted molar refractivity (Wildman–Crippen MR) is 49.2 cm³/mol. The van der Waals surface area contributed by atoms with Gasteiger partial charge >= 0.3 is 5.97 Å². The summed E-state index contributed by atoms with van der Waals surface area (Å²) >= 11 is 0. The van der Waals surface area contributed by atoms with E-state index in [1.807, 2.05) is 4.90 Å². The van der Waals surface area contributed by atoms with Gasteiger partial charge in [-0.05, 0) is 0 Å². The molecule has 0 radical (unpaired) electrons. The van der Waals surface area contributed by atoms with Crippen molar-refractivity contribution in [2.75, 3.05) is 19.7 Å². The number of hydrogen-bond acceptors (Lipinski definition) is 5. The summed E-state index contributed by atoms with van der Waals surface area (Å²) < 4.78 is 10.1. The predicted octanol–water partition coefficient (Wildman–Crippen LogP) is -0.0400. The zero-order valence-corrected chi connectivity index (χ0v) is 8.13. The summed E-state index contributed by atoms with van der Waals surface area (Å²) in [6, 6.07) is 1.77. The smallest absolute Gasteiger partial charge is 0.334 e. The lowest BCUT2D eigenvalue weighted by atomic mass is 10.2. The van der Waals surface area contributed by atoms with E-state index in [-0.39, 0.29) is 0 Å². The Kier molecular flexibility index (Phi) is 2.98. The number of carboxylic acids is 1. The molecule has 1 aromatic rings. The highest BCUT2D eigenvalue weighted by Crippen LogP contribution is 2.09. The molecule has 82 valence electrons. The largest absolute Gasteiger partial charge is 0.479 e. The highest BCUT2D eigenvalue weighted by Gasteiger charge is 2.26. The van der Waals surface area contributed by atoms with E-state index in [4.69, 9.17) is 14.4 Å². The molecule has 1 aliphatic heterocycles. The van der Waals surface area contributed by atoms with Gasteiger partial charge in [0.25, 0.3) is 0 Å². The van der Waals surface area contributed by atoms with Gasteiger partial charge in [-0.3, -0.25) is 4.90 Å². The van der Waals surface area contributed by atoms with Crippen LogP contribution >= 0.6 is 0 Å². The van der Waals surface area contributed by atoms with Crippen LogP contribution in [-0.4, -0.2) is 46.9 Å². The molecule has 2 heterocycles. The molecule has 2 rings (SSSR count). The number of aromatic nitrogens is 1. The number of rotatable bonds is 3. The van der Waals surface area contributed by atoms with E-state index >= 15 is 0 Å². The van der Waals surface area contributed by atoms with E-state index < -0.39 is 12.1 Å². The molecule has 0 aliphatic carbocycles. The Bertz CT molecular complexity index is 325. The average Bonchev–Trinajstić information content (AvgIpc) is 2.71. The minimum Gasteiger partial charge on any atom is -0.479 e. The summed E-state index contributed by atoms with van der Waals surface area (Å²) in [7, 11) is 0. The second kappa shape index (κ2) is 4.41. The normalized spacial score (nSPS) is 22.8. The quantitative estimate of drug-likeness (QED) is 0.757. The SMILES string of the molecule is O=C(O)C1CN(Cc2ccno2)CCO1. The fourth-order valence-electron chi connectivity index (χ4n) is 1.54. The zero-order valence-electron chi connectivity index (χ0n) is 8.13. The Morgan fingerprint density at radius 1 is 1.73 bits per heavy atom. The van der Waals surface area contributed by atoms with Crippen molar-refractivity contribution < 1.29 is 19.2 Å². The lowest BCUT2D eigenvalue weighted by Crippen LogP contribution is -2.45. The minimum absolute atomic E-state index is 0.385. The average molecular weight is 212 g/mol. The second-order valence-corrected chi connectivity index (χ2v) is 3.41. The highest BCUT2D eigenvalue weighted by molar-refractivity contribution is 5.72. The maximum atomic E-state index is 10.7. The summed E-state index contributed by atoms with van der Waals surface area (Å²) in [6.07, 6.45) is 0.839. The van der Waals surface area contributed by atoms with Gasteiger partial charge in [-0.2, -0.15) is 0 Å². The minimum atomic E-state index is -0.919. The topological polar surface area (TPSA) is 75.8 Å². The molecule has 15 heavy (non-hydrogen) atoms. The number of morpholine rings is 1. The molecule has 1 N–H and O–H groups in total. The van der Waals surface area contributed by atoms with E-state index in [2.05, 4.69) is 5.16 Å². The highest BCUT2D eigenvalue weighted by atomic mass is 16.5. The van der Waals surface area contributed by atoms with Crippen molar-refractivity contribution in [1.29, 1.82) is 0 Å². The molecule has 1 atom stereocenters. The van der Waals surface area contributed by atoms with Crippen LogP contribution in [0.2, 0.25) is 0 Å². The molecule has 1 fully saturated rings. The Morgan fingerprint density at radius 2 is 2.60 bits per heavy atom. The van der Waals surface area contributed by atoms with Crippen molar-refractivity contribution in [1.82, 2.24) is 10.1 Å². The maximum absolute atomic E-state index is 10.7. The Morgan fingerprint density at radius 3 is 3.27 bits per heavy atom. The molecule has 0 bridgehead atoms. The number of carboxylic acid groups (broad SMARTS) is 1. The second-order valence-electron chi connectivity index (χ2n) is 3.41. The van der Waals surface area contributed by atoms with Crippen LogP contribution in [-0.2, 0) is 16.1 Å². The summed E-state index contributed by atoms with van der Waals surface area (Å²) in [4.78, 5) is 12.7. The van der Waals surface area contributed by atoms with Gasteiger partial charge in [0, 0.05) is 19.2 Å². The number of hydrogen-bond donors (Lipinski definition) is 1. The van der Waals surface area contributed by atoms with Crippen molar-refractivity contribution in [3.63, 3.8) is 0 Å². The van der Waals surface area contributed by atoms with Crippen molar-refractivity contribution in [2.24, 2.45) is 0 Å². The van der Waals surface area contributed by atoms with Crippen LogP contribution in [0.25, 0.3) is 0 Å². The summed E-state index contributed by atoms with van der Waals surface area (Å²) in [5.74, 6) is -0.182. The van der Waals surface area contributed by atoms with Gasteiger partial charge in [-0.15, -0.1) is 0 Å². The third-order valence-electron chi connectivity index (χ3n) is 2.30. The lowest BCUT2D eigenvalue weighted by molar-refractivity contribution is -0.156. The van der Waals surface area contributed by atoms with E-state index in [0.717, 1.165) is 5.76 Å². The van der Waals surface area contributed by atoms with E-state index in [0.29, 0.717) is 26.2 Å². The van der Waals surface area contributed by atoms with Gasteiger partial charge in [-0.25, -0.2) is 4.79 Å². The Hall–Kier alpha value is -1.40. The van der Waals surface area contributed by atoms with Crippen LogP contribution in [0.1, 0.15) is 5.76 Å². The standard InChI is InChI=1S/C9H12N2O4/c12-9(13)8-6-11(3-4-14-8)5-7-1-2-10-15-7/h1-2,8H,3-6H2,(H,12,13). The third-order valence-corrected chi connectivity index (χ3v) is 2.30. The number of nitrogens with zero attached hydrogens (tertiary/aromatic N) is 2. The third kappa shape index (κ3) is 2.54. The van der Waals surface area contributed by atoms with Crippen LogP contribution < -0.4 is 0 Å². The van der Waals surface area contributed by atoms with Crippen LogP contribution in [0.5, 0.6) is 0 Å². The summed E-state index contributed by atoms with van der Waals surface area (Å²) in [5, 5.41) is 12.4. The van der Waals surface area contributed by atoms with Gasteiger partial charge < -0.3 is 14.4 Å². The monoisotopic (exact) mass is 212 g/mol. The van der Waals surface area contributed by atoms with Gasteiger partial charge in [0.15, 0.2) is 11.9 Å². The van der Waals surface area contributed by atoms with Crippen LogP contribution in [0.15, 0.2) is 16.8 Å². The fraction of sp³-hybridized carbons (Fsp3) is 0.556. The van der Waals surface area contributed by atoms with Crippen LogP contribution in [0.4, 0.5) is 0 Å². The molecule has 0 aromatic carbocycles. The van der Waals surface area contributed by atoms with Crippen molar-refractivity contribution in [2.45, 2.75) is 12.6 Å². The van der Waals surface area contributed by atoms with E-state index in [1.165, 1.54) is 0 Å². The molecule has 1 aromatic heterocycles. The number of ether oxygens (including phenoxy) is 1. The first-order valence-corrected chi connectivity index (χ1v) is 4.72. The first-order chi connectivity index (χ1) is 7.25. The zero-order chi connectivity index (χ0) is 10.7. The maximum Gasteiger partial charge on any atom is 0.334 e. The molecule has 6 nitrogen and oxygen atoms in total. The van der Waals surface area contributed by atoms with E-state index in [9.17, 15) is 4.79 Å². The molecular weight excluding hydrogens is 200 g/mol. The van der Waals surface area contributed by atoms with Crippen molar-refractivity contribution >= 4 is 5.97 Å². The summed E-state index contributed by atoms with van der Waals surface area (Å²) in [6.45, 7) is 2.11. The number of aliphatic carboxylic acids is 1. The Balaban J connectivity index is 1.90. The molecule has 1 saturated heterocycles. The first-order valence-electron chi connectivity index (χ1n) is 4.72. The van der Waals surface area contributed by atoms with Gasteiger partial charge in [-0.1, -0.05) is 5.16 Å². The number of carbonyl (C=O) groups is 1. The van der Waals surface area contributed by atoms with Gasteiger partial charge in [0.1, 0.15) is 0 Å².